The molecule has 0 aliphatic carbocycles. The molecular formula is C14H18N2O5. The number of amides is 2. The van der Waals surface area contributed by atoms with E-state index in [4.69, 9.17) is 14.6 Å². The predicted octanol–water partition coefficient (Wildman–Crippen LogP) is 1.83. The van der Waals surface area contributed by atoms with Gasteiger partial charge in [0.1, 0.15) is 19.3 Å². The van der Waals surface area contributed by atoms with Crippen LogP contribution in [-0.2, 0) is 4.79 Å². The van der Waals surface area contributed by atoms with Gasteiger partial charge in [-0.2, -0.15) is 0 Å². The highest BCUT2D eigenvalue weighted by molar-refractivity contribution is 5.92. The molecule has 21 heavy (non-hydrogen) atoms. The predicted molar refractivity (Wildman–Crippen MR) is 75.9 cm³/mol. The molecule has 114 valence electrons. The van der Waals surface area contributed by atoms with Gasteiger partial charge in [-0.1, -0.05) is 13.3 Å². The number of nitrogens with one attached hydrogen (secondary N) is 2. The van der Waals surface area contributed by atoms with Gasteiger partial charge < -0.3 is 25.2 Å². The van der Waals surface area contributed by atoms with Crippen molar-refractivity contribution >= 4 is 17.7 Å². The van der Waals surface area contributed by atoms with E-state index in [1.165, 1.54) is 0 Å². The highest BCUT2D eigenvalue weighted by Gasteiger charge is 2.19. The van der Waals surface area contributed by atoms with Crippen molar-refractivity contribution in [3.05, 3.63) is 18.2 Å². The molecule has 0 unspecified atom stereocenters. The molecule has 2 rings (SSSR count). The van der Waals surface area contributed by atoms with Crippen molar-refractivity contribution in [1.29, 1.82) is 0 Å². The number of urea groups is 1. The standard InChI is InChI=1S/C14H18N2O5/c1-2-3-10(13(17)18)16-14(19)15-9-4-5-11-12(8-9)21-7-6-20-11/h4-5,8,10H,2-3,6-7H2,1H3,(H,17,18)(H2,15,16,19)/t10-/m1/s1. The summed E-state index contributed by atoms with van der Waals surface area (Å²) >= 11 is 0. The Morgan fingerprint density at radius 1 is 1.29 bits per heavy atom. The monoisotopic (exact) mass is 294 g/mol. The van der Waals surface area contributed by atoms with Crippen LogP contribution in [0.4, 0.5) is 10.5 Å². The molecule has 7 nitrogen and oxygen atoms in total. The summed E-state index contributed by atoms with van der Waals surface area (Å²) in [6, 6.07) is 3.55. The second-order valence-corrected chi connectivity index (χ2v) is 4.64. The van der Waals surface area contributed by atoms with E-state index in [0.29, 0.717) is 43.2 Å². The van der Waals surface area contributed by atoms with Crippen LogP contribution in [0.2, 0.25) is 0 Å². The van der Waals surface area contributed by atoms with Crippen LogP contribution in [0.5, 0.6) is 11.5 Å². The number of hydrogen-bond donors (Lipinski definition) is 3. The summed E-state index contributed by atoms with van der Waals surface area (Å²) in [7, 11) is 0. The summed E-state index contributed by atoms with van der Waals surface area (Å²) in [6.45, 7) is 2.81. The second-order valence-electron chi connectivity index (χ2n) is 4.64. The van der Waals surface area contributed by atoms with E-state index in [-0.39, 0.29) is 0 Å². The molecule has 2 amide bonds. The van der Waals surface area contributed by atoms with Crippen molar-refractivity contribution in [3.63, 3.8) is 0 Å². The Kier molecular flexibility index (Phi) is 4.86. The van der Waals surface area contributed by atoms with Crippen LogP contribution in [0.1, 0.15) is 19.8 Å². The van der Waals surface area contributed by atoms with Gasteiger partial charge in [-0.25, -0.2) is 9.59 Å². The molecular weight excluding hydrogens is 276 g/mol. The molecule has 3 N–H and O–H groups in total. The average Bonchev–Trinajstić information content (AvgIpc) is 2.46. The van der Waals surface area contributed by atoms with Gasteiger partial charge in [0.25, 0.3) is 0 Å². The lowest BCUT2D eigenvalue weighted by atomic mass is 10.2. The normalized spacial score (nSPS) is 14.1. The van der Waals surface area contributed by atoms with Gasteiger partial charge >= 0.3 is 12.0 Å². The Morgan fingerprint density at radius 3 is 2.67 bits per heavy atom. The van der Waals surface area contributed by atoms with Crippen LogP contribution in [0.15, 0.2) is 18.2 Å². The maximum atomic E-state index is 11.8. The first kappa shape index (κ1) is 15.0. The van der Waals surface area contributed by atoms with Crippen molar-refractivity contribution in [1.82, 2.24) is 5.32 Å². The van der Waals surface area contributed by atoms with Crippen molar-refractivity contribution in [2.24, 2.45) is 0 Å². The SMILES string of the molecule is CCC[C@@H](NC(=O)Nc1ccc2c(c1)OCCO2)C(=O)O. The van der Waals surface area contributed by atoms with Crippen LogP contribution in [0.3, 0.4) is 0 Å². The number of anilines is 1. The zero-order valence-corrected chi connectivity index (χ0v) is 11.7. The first-order valence-corrected chi connectivity index (χ1v) is 6.80. The summed E-state index contributed by atoms with van der Waals surface area (Å²) < 4.78 is 10.8. The van der Waals surface area contributed by atoms with Crippen LogP contribution < -0.4 is 20.1 Å². The maximum Gasteiger partial charge on any atom is 0.326 e. The molecule has 1 heterocycles. The number of carboxylic acid groups (broad SMARTS) is 1. The number of carbonyl (C=O) groups is 2. The quantitative estimate of drug-likeness (QED) is 0.770. The molecule has 7 heteroatoms. The van der Waals surface area contributed by atoms with Gasteiger partial charge in [-0.3, -0.25) is 0 Å². The number of fused-ring (bicyclic) bond motifs is 1. The highest BCUT2D eigenvalue weighted by atomic mass is 16.6. The third kappa shape index (κ3) is 4.01. The topological polar surface area (TPSA) is 96.9 Å². The molecule has 0 fully saturated rings. The summed E-state index contributed by atoms with van der Waals surface area (Å²) in [6.07, 6.45) is 1.05. The van der Waals surface area contributed by atoms with Crippen molar-refractivity contribution in [2.45, 2.75) is 25.8 Å². The molecule has 1 aliphatic heterocycles. The van der Waals surface area contributed by atoms with Gasteiger partial charge in [0, 0.05) is 11.8 Å². The van der Waals surface area contributed by atoms with Gasteiger partial charge in [0.15, 0.2) is 11.5 Å². The lowest BCUT2D eigenvalue weighted by molar-refractivity contribution is -0.139. The first-order valence-electron chi connectivity index (χ1n) is 6.80. The van der Waals surface area contributed by atoms with Crippen molar-refractivity contribution < 1.29 is 24.2 Å². The minimum absolute atomic E-state index is 0.379. The fraction of sp³-hybridized carbons (Fsp3) is 0.429. The van der Waals surface area contributed by atoms with Crippen LogP contribution in [-0.4, -0.2) is 36.4 Å². The largest absolute Gasteiger partial charge is 0.486 e. The summed E-state index contributed by atoms with van der Waals surface area (Å²) in [5.41, 5.74) is 0.511. The number of benzene rings is 1. The number of carbonyl (C=O) groups excluding carboxylic acids is 1. The number of aliphatic carboxylic acids is 1. The van der Waals surface area contributed by atoms with E-state index in [2.05, 4.69) is 10.6 Å². The van der Waals surface area contributed by atoms with Crippen molar-refractivity contribution in [3.8, 4) is 11.5 Å². The zero-order chi connectivity index (χ0) is 15.2. The van der Waals surface area contributed by atoms with E-state index in [9.17, 15) is 9.59 Å². The second kappa shape index (κ2) is 6.83. The van der Waals surface area contributed by atoms with Gasteiger partial charge in [0.2, 0.25) is 0 Å². The molecule has 1 aromatic rings. The Labute approximate surface area is 122 Å². The number of carboxylic acids is 1. The third-order valence-corrected chi connectivity index (χ3v) is 2.98. The van der Waals surface area contributed by atoms with Gasteiger partial charge in [0.05, 0.1) is 0 Å². The molecule has 0 radical (unpaired) electrons. The molecule has 0 saturated carbocycles. The van der Waals surface area contributed by atoms with Crippen molar-refractivity contribution in [2.75, 3.05) is 18.5 Å². The lowest BCUT2D eigenvalue weighted by Crippen LogP contribution is -2.42. The lowest BCUT2D eigenvalue weighted by Gasteiger charge is -2.19. The summed E-state index contributed by atoms with van der Waals surface area (Å²) in [5.74, 6) is 0.137. The van der Waals surface area contributed by atoms with Crippen LogP contribution in [0, 0.1) is 0 Å². The van der Waals surface area contributed by atoms with Crippen LogP contribution >= 0.6 is 0 Å². The molecule has 1 aliphatic rings. The van der Waals surface area contributed by atoms with Gasteiger partial charge in [-0.05, 0) is 18.6 Å². The van der Waals surface area contributed by atoms with Gasteiger partial charge in [-0.15, -0.1) is 0 Å². The zero-order valence-electron chi connectivity index (χ0n) is 11.7. The molecule has 1 aromatic carbocycles. The fourth-order valence-electron chi connectivity index (χ4n) is 1.99. The molecule has 0 saturated heterocycles. The van der Waals surface area contributed by atoms with E-state index in [0.717, 1.165) is 0 Å². The number of hydrogen-bond acceptors (Lipinski definition) is 4. The average molecular weight is 294 g/mol. The minimum Gasteiger partial charge on any atom is -0.486 e. The molecule has 0 spiro atoms. The van der Waals surface area contributed by atoms with E-state index < -0.39 is 18.0 Å². The Balaban J connectivity index is 1.97. The maximum absolute atomic E-state index is 11.8. The molecule has 1 atom stereocenters. The van der Waals surface area contributed by atoms with Crippen LogP contribution in [0.25, 0.3) is 0 Å². The Morgan fingerprint density at radius 2 is 2.00 bits per heavy atom. The summed E-state index contributed by atoms with van der Waals surface area (Å²) in [5, 5.41) is 14.0. The summed E-state index contributed by atoms with van der Waals surface area (Å²) in [4.78, 5) is 22.8. The third-order valence-electron chi connectivity index (χ3n) is 2.98. The minimum atomic E-state index is -1.05. The molecule has 0 aromatic heterocycles. The first-order chi connectivity index (χ1) is 10.1. The van der Waals surface area contributed by atoms with E-state index in [1.54, 1.807) is 18.2 Å². The highest BCUT2D eigenvalue weighted by Crippen LogP contribution is 2.32. The number of ether oxygens (including phenoxy) is 2. The van der Waals surface area contributed by atoms with E-state index in [1.807, 2.05) is 6.92 Å². The molecule has 0 bridgehead atoms. The van der Waals surface area contributed by atoms with E-state index >= 15 is 0 Å². The Bertz CT molecular complexity index is 532. The Hall–Kier alpha value is -2.44. The number of rotatable bonds is 5. The fourth-order valence-corrected chi connectivity index (χ4v) is 1.99. The smallest absolute Gasteiger partial charge is 0.326 e.